The third kappa shape index (κ3) is 1.01. The van der Waals surface area contributed by atoms with Crippen LogP contribution in [0.1, 0.15) is 6.42 Å². The van der Waals surface area contributed by atoms with Crippen molar-refractivity contribution in [3.63, 3.8) is 0 Å². The summed E-state index contributed by atoms with van der Waals surface area (Å²) < 4.78 is 0. The van der Waals surface area contributed by atoms with Crippen LogP contribution in [0.5, 0.6) is 0 Å². The Labute approximate surface area is 49.9 Å². The maximum Gasteiger partial charge on any atom is 0.0199 e. The Morgan fingerprint density at radius 1 is 1.62 bits per heavy atom. The number of hydrogen-bond donors (Lipinski definition) is 0. The normalized spacial score (nSPS) is 17.1. The van der Waals surface area contributed by atoms with Crippen molar-refractivity contribution in [2.24, 2.45) is 0 Å². The summed E-state index contributed by atoms with van der Waals surface area (Å²) in [6.45, 7) is 0. The van der Waals surface area contributed by atoms with Gasteiger partial charge in [-0.1, -0.05) is 24.1 Å². The zero-order valence-corrected chi connectivity index (χ0v) is 4.59. The van der Waals surface area contributed by atoms with Gasteiger partial charge in [-0.2, -0.15) is 0 Å². The van der Waals surface area contributed by atoms with E-state index < -0.39 is 0 Å². The largest absolute Gasteiger partial charge is 0.115 e. The molecule has 0 aromatic heterocycles. The molecule has 0 spiro atoms. The second-order valence-electron chi connectivity index (χ2n) is 1.63. The van der Waals surface area contributed by atoms with Gasteiger partial charge in [0.1, 0.15) is 0 Å². The van der Waals surface area contributed by atoms with Crippen molar-refractivity contribution in [2.75, 3.05) is 0 Å². The second kappa shape index (κ2) is 2.37. The summed E-state index contributed by atoms with van der Waals surface area (Å²) in [5.74, 6) is 2.56. The van der Waals surface area contributed by atoms with Gasteiger partial charge in [-0.25, -0.2) is 0 Å². The number of rotatable bonds is 0. The highest BCUT2D eigenvalue weighted by Crippen LogP contribution is 2.06. The molecule has 0 aliphatic heterocycles. The molecule has 0 saturated carbocycles. The van der Waals surface area contributed by atoms with Crippen molar-refractivity contribution >= 4 is 0 Å². The Balaban J connectivity index is 2.68. The molecular formula is C8H7. The summed E-state index contributed by atoms with van der Waals surface area (Å²) in [4.78, 5) is 0. The molecule has 0 aromatic rings. The lowest BCUT2D eigenvalue weighted by Crippen LogP contribution is -1.79. The Bertz CT molecular complexity index is 165. The molecule has 39 valence electrons. The summed E-state index contributed by atoms with van der Waals surface area (Å²) in [6.07, 6.45) is 14.1. The van der Waals surface area contributed by atoms with Crippen molar-refractivity contribution in [3.05, 3.63) is 30.2 Å². The zero-order chi connectivity index (χ0) is 5.82. The van der Waals surface area contributed by atoms with E-state index in [1.54, 1.807) is 0 Å². The number of allylic oxidation sites excluding steroid dienone is 4. The minimum absolute atomic E-state index is 0.982. The first-order chi connectivity index (χ1) is 3.93. The Hall–Kier alpha value is -0.960. The molecule has 0 heteroatoms. The van der Waals surface area contributed by atoms with E-state index in [4.69, 9.17) is 6.42 Å². The molecule has 0 heterocycles. The molecule has 1 rings (SSSR count). The van der Waals surface area contributed by atoms with E-state index in [2.05, 4.69) is 12.3 Å². The molecule has 0 saturated heterocycles. The van der Waals surface area contributed by atoms with Gasteiger partial charge in [0.15, 0.2) is 0 Å². The Morgan fingerprint density at radius 3 is 2.88 bits per heavy atom. The highest BCUT2D eigenvalue weighted by atomic mass is 13.9. The van der Waals surface area contributed by atoms with Crippen LogP contribution in [0.2, 0.25) is 0 Å². The molecule has 1 aliphatic rings. The first kappa shape index (κ1) is 5.18. The summed E-state index contributed by atoms with van der Waals surface area (Å²) in [7, 11) is 0. The fourth-order valence-electron chi connectivity index (χ4n) is 0.620. The van der Waals surface area contributed by atoms with E-state index in [1.165, 1.54) is 0 Å². The van der Waals surface area contributed by atoms with Crippen LogP contribution >= 0.6 is 0 Å². The van der Waals surface area contributed by atoms with Crippen molar-refractivity contribution in [3.8, 4) is 12.3 Å². The van der Waals surface area contributed by atoms with Gasteiger partial charge in [0.2, 0.25) is 0 Å². The van der Waals surface area contributed by atoms with Crippen LogP contribution in [0.3, 0.4) is 0 Å². The fourth-order valence-corrected chi connectivity index (χ4v) is 0.620. The number of hydrogen-bond acceptors (Lipinski definition) is 0. The van der Waals surface area contributed by atoms with Gasteiger partial charge in [-0.15, -0.1) is 6.42 Å². The van der Waals surface area contributed by atoms with Crippen LogP contribution in [0.25, 0.3) is 0 Å². The fraction of sp³-hybridized carbons (Fsp3) is 0.125. The van der Waals surface area contributed by atoms with Crippen molar-refractivity contribution in [2.45, 2.75) is 6.42 Å². The molecule has 0 nitrogen and oxygen atoms in total. The molecule has 0 fully saturated rings. The average molecular weight is 103 g/mol. The van der Waals surface area contributed by atoms with Crippen LogP contribution in [0.15, 0.2) is 23.8 Å². The van der Waals surface area contributed by atoms with Gasteiger partial charge < -0.3 is 0 Å². The third-order valence-electron chi connectivity index (χ3n) is 1.05. The van der Waals surface area contributed by atoms with Crippen LogP contribution in [0, 0.1) is 18.8 Å². The van der Waals surface area contributed by atoms with E-state index in [9.17, 15) is 0 Å². The molecule has 0 unspecified atom stereocenters. The molecule has 0 aromatic carbocycles. The Kier molecular flexibility index (Phi) is 1.54. The van der Waals surface area contributed by atoms with Crippen molar-refractivity contribution in [1.82, 2.24) is 0 Å². The maximum atomic E-state index is 5.12. The predicted octanol–water partition coefficient (Wildman–Crippen LogP) is 1.71. The van der Waals surface area contributed by atoms with Crippen molar-refractivity contribution in [1.29, 1.82) is 0 Å². The zero-order valence-electron chi connectivity index (χ0n) is 4.59. The van der Waals surface area contributed by atoms with Gasteiger partial charge in [0.25, 0.3) is 0 Å². The molecule has 0 N–H and O–H groups in total. The molecule has 8 heavy (non-hydrogen) atoms. The molecule has 0 amide bonds. The first-order valence-corrected chi connectivity index (χ1v) is 2.60. The van der Waals surface area contributed by atoms with Crippen LogP contribution < -0.4 is 0 Å². The predicted molar refractivity (Wildman–Crippen MR) is 35.0 cm³/mol. The second-order valence-corrected chi connectivity index (χ2v) is 1.63. The highest BCUT2D eigenvalue weighted by Gasteiger charge is 1.89. The lowest BCUT2D eigenvalue weighted by atomic mass is 10.1. The van der Waals surface area contributed by atoms with Gasteiger partial charge in [0.05, 0.1) is 0 Å². The van der Waals surface area contributed by atoms with Crippen molar-refractivity contribution < 1.29 is 0 Å². The Morgan fingerprint density at radius 2 is 2.50 bits per heavy atom. The summed E-state index contributed by atoms with van der Waals surface area (Å²) >= 11 is 0. The quantitative estimate of drug-likeness (QED) is 0.409. The minimum Gasteiger partial charge on any atom is -0.115 e. The topological polar surface area (TPSA) is 0 Å². The van der Waals surface area contributed by atoms with E-state index in [1.807, 2.05) is 18.2 Å². The average Bonchev–Trinajstić information content (AvgIpc) is 1.90. The van der Waals surface area contributed by atoms with Gasteiger partial charge >= 0.3 is 0 Å². The lowest BCUT2D eigenvalue weighted by molar-refractivity contribution is 1.25. The highest BCUT2D eigenvalue weighted by molar-refractivity contribution is 5.39. The standard InChI is InChI=1S/C8H7/c1-2-8-6-4-3-5-7-8/h1,3-4,6-7H,5H2. The van der Waals surface area contributed by atoms with Crippen LogP contribution in [-0.2, 0) is 0 Å². The van der Waals surface area contributed by atoms with Gasteiger partial charge in [-0.3, -0.25) is 0 Å². The molecule has 1 radical (unpaired) electrons. The lowest BCUT2D eigenvalue weighted by Gasteiger charge is -1.95. The first-order valence-electron chi connectivity index (χ1n) is 2.60. The third-order valence-corrected chi connectivity index (χ3v) is 1.05. The number of terminal acetylenes is 1. The monoisotopic (exact) mass is 103 g/mol. The maximum absolute atomic E-state index is 5.12. The summed E-state index contributed by atoms with van der Waals surface area (Å²) in [5.41, 5.74) is 0.993. The molecule has 0 bridgehead atoms. The van der Waals surface area contributed by atoms with Gasteiger partial charge in [0, 0.05) is 5.57 Å². The minimum atomic E-state index is 0.982. The molecular weight excluding hydrogens is 96.1 g/mol. The molecule has 1 aliphatic carbocycles. The van der Waals surface area contributed by atoms with E-state index in [-0.39, 0.29) is 0 Å². The summed E-state index contributed by atoms with van der Waals surface area (Å²) in [5, 5.41) is 0. The smallest absolute Gasteiger partial charge is 0.0199 e. The van der Waals surface area contributed by atoms with E-state index >= 15 is 0 Å². The molecule has 0 atom stereocenters. The van der Waals surface area contributed by atoms with E-state index in [0.717, 1.165) is 12.0 Å². The van der Waals surface area contributed by atoms with Crippen LogP contribution in [0.4, 0.5) is 0 Å². The summed E-state index contributed by atoms with van der Waals surface area (Å²) in [6, 6.07) is 0. The SMILES string of the molecule is C#CC1=CC[CH]C=C1. The van der Waals surface area contributed by atoms with Crippen LogP contribution in [-0.4, -0.2) is 0 Å². The van der Waals surface area contributed by atoms with Gasteiger partial charge in [-0.05, 0) is 12.8 Å². The van der Waals surface area contributed by atoms with E-state index in [0.29, 0.717) is 0 Å².